The standard InChI is InChI=1S/C22H35N3O3S/c1-22(2,3)28-21(27)23(4)14-17-6-5-10-24(15-17)11-8-20(26)25-12-7-19-18(16-25)9-13-29-19/h9,13,17H,5-8,10-12,14-16H2,1-4H3. The molecule has 6 nitrogen and oxygen atoms in total. The highest BCUT2D eigenvalue weighted by molar-refractivity contribution is 7.10. The van der Waals surface area contributed by atoms with E-state index in [2.05, 4.69) is 16.3 Å². The van der Waals surface area contributed by atoms with Crippen LogP contribution in [0.1, 0.15) is 50.5 Å². The molecule has 0 spiro atoms. The molecule has 3 rings (SSSR count). The lowest BCUT2D eigenvalue weighted by Gasteiger charge is -2.35. The fraction of sp³-hybridized carbons (Fsp3) is 0.727. The van der Waals surface area contributed by atoms with Crippen molar-refractivity contribution in [3.63, 3.8) is 0 Å². The molecule has 0 saturated carbocycles. The summed E-state index contributed by atoms with van der Waals surface area (Å²) in [5.41, 5.74) is 0.848. The second kappa shape index (κ2) is 9.47. The summed E-state index contributed by atoms with van der Waals surface area (Å²) in [6, 6.07) is 2.15. The van der Waals surface area contributed by atoms with Crippen molar-refractivity contribution in [1.82, 2.24) is 14.7 Å². The molecule has 7 heteroatoms. The molecule has 0 N–H and O–H groups in total. The molecule has 1 fully saturated rings. The minimum atomic E-state index is -0.470. The highest BCUT2D eigenvalue weighted by Gasteiger charge is 2.26. The maximum atomic E-state index is 12.7. The number of likely N-dealkylation sites (tertiary alicyclic amines) is 1. The van der Waals surface area contributed by atoms with E-state index in [4.69, 9.17) is 4.74 Å². The van der Waals surface area contributed by atoms with Gasteiger partial charge in [0, 0.05) is 51.1 Å². The summed E-state index contributed by atoms with van der Waals surface area (Å²) < 4.78 is 5.46. The first-order chi connectivity index (χ1) is 13.7. The molecule has 1 saturated heterocycles. The van der Waals surface area contributed by atoms with Gasteiger partial charge in [-0.05, 0) is 69.5 Å². The first kappa shape index (κ1) is 22.1. The summed E-state index contributed by atoms with van der Waals surface area (Å²) in [7, 11) is 1.81. The first-order valence-corrected chi connectivity index (χ1v) is 11.6. The summed E-state index contributed by atoms with van der Waals surface area (Å²) in [5.74, 6) is 0.689. The van der Waals surface area contributed by atoms with Gasteiger partial charge in [-0.3, -0.25) is 4.79 Å². The second-order valence-corrected chi connectivity index (χ2v) is 10.4. The van der Waals surface area contributed by atoms with Gasteiger partial charge in [0.15, 0.2) is 0 Å². The maximum Gasteiger partial charge on any atom is 0.410 e. The van der Waals surface area contributed by atoms with Gasteiger partial charge < -0.3 is 19.4 Å². The van der Waals surface area contributed by atoms with Crippen LogP contribution in [0.2, 0.25) is 0 Å². The van der Waals surface area contributed by atoms with Crippen molar-refractivity contribution >= 4 is 23.3 Å². The van der Waals surface area contributed by atoms with Crippen LogP contribution in [-0.2, 0) is 22.5 Å². The highest BCUT2D eigenvalue weighted by atomic mass is 32.1. The van der Waals surface area contributed by atoms with E-state index in [1.807, 2.05) is 32.7 Å². The van der Waals surface area contributed by atoms with Gasteiger partial charge in [0.2, 0.25) is 5.91 Å². The maximum absolute atomic E-state index is 12.7. The predicted octanol–water partition coefficient (Wildman–Crippen LogP) is 3.60. The molecule has 0 bridgehead atoms. The zero-order valence-electron chi connectivity index (χ0n) is 18.3. The Labute approximate surface area is 178 Å². The van der Waals surface area contributed by atoms with E-state index in [0.717, 1.165) is 52.0 Å². The van der Waals surface area contributed by atoms with E-state index in [0.29, 0.717) is 18.9 Å². The SMILES string of the molecule is CN(CC1CCCN(CCC(=O)N2CCc3sccc3C2)C1)C(=O)OC(C)(C)C. The van der Waals surface area contributed by atoms with Crippen LogP contribution < -0.4 is 0 Å². The number of piperidine rings is 1. The van der Waals surface area contributed by atoms with Gasteiger partial charge in [0.1, 0.15) is 5.60 Å². The van der Waals surface area contributed by atoms with Gasteiger partial charge in [0.25, 0.3) is 0 Å². The fourth-order valence-corrected chi connectivity index (χ4v) is 5.07. The van der Waals surface area contributed by atoms with E-state index >= 15 is 0 Å². The van der Waals surface area contributed by atoms with E-state index in [9.17, 15) is 9.59 Å². The number of hydrogen-bond donors (Lipinski definition) is 0. The predicted molar refractivity (Wildman–Crippen MR) is 116 cm³/mol. The van der Waals surface area contributed by atoms with Crippen molar-refractivity contribution in [2.45, 2.75) is 58.6 Å². The minimum Gasteiger partial charge on any atom is -0.444 e. The summed E-state index contributed by atoms with van der Waals surface area (Å²) in [4.78, 5) is 32.4. The number of ether oxygens (including phenoxy) is 1. The monoisotopic (exact) mass is 421 g/mol. The van der Waals surface area contributed by atoms with Gasteiger partial charge in [-0.2, -0.15) is 0 Å². The molecule has 0 aliphatic carbocycles. The van der Waals surface area contributed by atoms with Crippen LogP contribution in [0, 0.1) is 5.92 Å². The Morgan fingerprint density at radius 2 is 2.10 bits per heavy atom. The van der Waals surface area contributed by atoms with Gasteiger partial charge in [-0.15, -0.1) is 11.3 Å². The number of nitrogens with zero attached hydrogens (tertiary/aromatic N) is 3. The number of carbonyl (C=O) groups excluding carboxylic acids is 2. The molecule has 0 radical (unpaired) electrons. The molecule has 1 aromatic rings. The van der Waals surface area contributed by atoms with Crippen LogP contribution in [0.15, 0.2) is 11.4 Å². The molecule has 1 unspecified atom stereocenters. The molecular weight excluding hydrogens is 386 g/mol. The van der Waals surface area contributed by atoms with Crippen LogP contribution in [0.3, 0.4) is 0 Å². The van der Waals surface area contributed by atoms with Crippen LogP contribution >= 0.6 is 11.3 Å². The number of rotatable bonds is 5. The zero-order chi connectivity index (χ0) is 21.0. The van der Waals surface area contributed by atoms with Crippen LogP contribution in [0.5, 0.6) is 0 Å². The Kier molecular flexibility index (Phi) is 7.22. The third-order valence-corrected chi connectivity index (χ3v) is 6.67. The number of carbonyl (C=O) groups is 2. The van der Waals surface area contributed by atoms with Crippen LogP contribution in [-0.4, -0.2) is 72.1 Å². The smallest absolute Gasteiger partial charge is 0.410 e. The third-order valence-electron chi connectivity index (χ3n) is 5.64. The number of fused-ring (bicyclic) bond motifs is 1. The fourth-order valence-electron chi connectivity index (χ4n) is 4.18. The Morgan fingerprint density at radius 1 is 1.31 bits per heavy atom. The third kappa shape index (κ3) is 6.44. The van der Waals surface area contributed by atoms with Crippen molar-refractivity contribution in [2.75, 3.05) is 39.8 Å². The normalized spacial score (nSPS) is 20.3. The molecule has 2 aliphatic rings. The molecule has 1 atom stereocenters. The lowest BCUT2D eigenvalue weighted by atomic mass is 9.97. The Bertz CT molecular complexity index is 712. The van der Waals surface area contributed by atoms with Crippen molar-refractivity contribution < 1.29 is 14.3 Å². The highest BCUT2D eigenvalue weighted by Crippen LogP contribution is 2.24. The first-order valence-electron chi connectivity index (χ1n) is 10.7. The minimum absolute atomic E-state index is 0.259. The van der Waals surface area contributed by atoms with Gasteiger partial charge in [-0.1, -0.05) is 0 Å². The zero-order valence-corrected chi connectivity index (χ0v) is 19.1. The molecule has 162 valence electrons. The van der Waals surface area contributed by atoms with E-state index in [1.54, 1.807) is 16.2 Å². The number of hydrogen-bond acceptors (Lipinski definition) is 5. The molecule has 2 aliphatic heterocycles. The van der Waals surface area contributed by atoms with Crippen molar-refractivity contribution in [3.05, 3.63) is 21.9 Å². The Morgan fingerprint density at radius 3 is 2.86 bits per heavy atom. The summed E-state index contributed by atoms with van der Waals surface area (Å²) in [6.07, 6.45) is 3.53. The molecule has 29 heavy (non-hydrogen) atoms. The van der Waals surface area contributed by atoms with Crippen LogP contribution in [0.25, 0.3) is 0 Å². The van der Waals surface area contributed by atoms with Crippen molar-refractivity contribution in [3.8, 4) is 0 Å². The molecule has 3 heterocycles. The van der Waals surface area contributed by atoms with E-state index in [-0.39, 0.29) is 12.0 Å². The van der Waals surface area contributed by atoms with E-state index < -0.39 is 5.60 Å². The average molecular weight is 422 g/mol. The quantitative estimate of drug-likeness (QED) is 0.729. The van der Waals surface area contributed by atoms with Gasteiger partial charge in [-0.25, -0.2) is 4.79 Å². The lowest BCUT2D eigenvalue weighted by molar-refractivity contribution is -0.132. The summed E-state index contributed by atoms with van der Waals surface area (Å²) >= 11 is 1.80. The van der Waals surface area contributed by atoms with Gasteiger partial charge in [0.05, 0.1) is 0 Å². The average Bonchev–Trinajstić information content (AvgIpc) is 3.12. The largest absolute Gasteiger partial charge is 0.444 e. The molecular formula is C22H35N3O3S. The topological polar surface area (TPSA) is 53.1 Å². The number of amides is 2. The van der Waals surface area contributed by atoms with Gasteiger partial charge >= 0.3 is 6.09 Å². The molecule has 0 aromatic carbocycles. The number of thiophene rings is 1. The molecule has 2 amide bonds. The summed E-state index contributed by atoms with van der Waals surface area (Å²) in [5, 5.41) is 2.13. The lowest BCUT2D eigenvalue weighted by Crippen LogP contribution is -2.44. The van der Waals surface area contributed by atoms with Crippen LogP contribution in [0.4, 0.5) is 4.79 Å². The molecule has 1 aromatic heterocycles. The van der Waals surface area contributed by atoms with Crippen molar-refractivity contribution in [2.24, 2.45) is 5.92 Å². The second-order valence-electron chi connectivity index (χ2n) is 9.35. The summed E-state index contributed by atoms with van der Waals surface area (Å²) in [6.45, 7) is 10.8. The van der Waals surface area contributed by atoms with Crippen molar-refractivity contribution in [1.29, 1.82) is 0 Å². The van der Waals surface area contributed by atoms with E-state index in [1.165, 1.54) is 10.4 Å². The Hall–Kier alpha value is -1.60. The Balaban J connectivity index is 1.41.